The second-order valence-corrected chi connectivity index (χ2v) is 4.59. The SMILES string of the molecule is CCC(=O)CC[C@H](NC(=O)OCc1ccccc1)C(N)=O. The number of rotatable bonds is 8. The van der Waals surface area contributed by atoms with E-state index in [1.54, 1.807) is 6.92 Å². The van der Waals surface area contributed by atoms with E-state index in [9.17, 15) is 14.4 Å². The molecule has 1 aromatic rings. The Bertz CT molecular complexity index is 488. The highest BCUT2D eigenvalue weighted by Gasteiger charge is 2.19. The molecule has 0 aliphatic carbocycles. The molecule has 0 spiro atoms. The highest BCUT2D eigenvalue weighted by Crippen LogP contribution is 2.03. The molecule has 0 aromatic heterocycles. The second-order valence-electron chi connectivity index (χ2n) is 4.59. The number of ketones is 1. The van der Waals surface area contributed by atoms with Crippen LogP contribution in [0.15, 0.2) is 30.3 Å². The predicted molar refractivity (Wildman–Crippen MR) is 77.3 cm³/mol. The van der Waals surface area contributed by atoms with Crippen LogP contribution in [0.4, 0.5) is 4.79 Å². The van der Waals surface area contributed by atoms with Crippen molar-refractivity contribution < 1.29 is 19.1 Å². The smallest absolute Gasteiger partial charge is 0.408 e. The molecule has 6 heteroatoms. The fourth-order valence-electron chi connectivity index (χ4n) is 1.67. The third-order valence-electron chi connectivity index (χ3n) is 2.95. The van der Waals surface area contributed by atoms with Gasteiger partial charge in [-0.25, -0.2) is 4.79 Å². The lowest BCUT2D eigenvalue weighted by Crippen LogP contribution is -2.44. The Kier molecular flexibility index (Phi) is 6.94. The van der Waals surface area contributed by atoms with Crippen molar-refractivity contribution in [3.05, 3.63) is 35.9 Å². The van der Waals surface area contributed by atoms with Gasteiger partial charge in [0.15, 0.2) is 0 Å². The van der Waals surface area contributed by atoms with Crippen molar-refractivity contribution in [2.75, 3.05) is 0 Å². The molecule has 1 atom stereocenters. The Hall–Kier alpha value is -2.37. The van der Waals surface area contributed by atoms with E-state index < -0.39 is 18.0 Å². The molecule has 0 radical (unpaired) electrons. The van der Waals surface area contributed by atoms with E-state index in [2.05, 4.69) is 5.32 Å². The van der Waals surface area contributed by atoms with Gasteiger partial charge in [-0.05, 0) is 12.0 Å². The standard InChI is InChI=1S/C15H20N2O4/c1-2-12(18)8-9-13(14(16)19)17-15(20)21-10-11-6-4-3-5-7-11/h3-7,13H,2,8-10H2,1H3,(H2,16,19)(H,17,20)/t13-/m0/s1. The van der Waals surface area contributed by atoms with Crippen LogP contribution < -0.4 is 11.1 Å². The number of benzene rings is 1. The lowest BCUT2D eigenvalue weighted by Gasteiger charge is -2.15. The van der Waals surface area contributed by atoms with Gasteiger partial charge in [0.05, 0.1) is 0 Å². The zero-order valence-corrected chi connectivity index (χ0v) is 12.0. The highest BCUT2D eigenvalue weighted by atomic mass is 16.5. The summed E-state index contributed by atoms with van der Waals surface area (Å²) in [4.78, 5) is 34.1. The minimum Gasteiger partial charge on any atom is -0.445 e. The molecule has 0 saturated carbocycles. The van der Waals surface area contributed by atoms with E-state index in [0.29, 0.717) is 6.42 Å². The van der Waals surface area contributed by atoms with Crippen molar-refractivity contribution in [2.45, 2.75) is 38.8 Å². The van der Waals surface area contributed by atoms with E-state index in [0.717, 1.165) is 5.56 Å². The van der Waals surface area contributed by atoms with Gasteiger partial charge in [-0.2, -0.15) is 0 Å². The molecule has 0 aliphatic heterocycles. The summed E-state index contributed by atoms with van der Waals surface area (Å²) in [6.07, 6.45) is 0.0433. The van der Waals surface area contributed by atoms with E-state index in [1.807, 2.05) is 30.3 Å². The molecule has 0 fully saturated rings. The fourth-order valence-corrected chi connectivity index (χ4v) is 1.67. The summed E-state index contributed by atoms with van der Waals surface area (Å²) in [6.45, 7) is 1.84. The lowest BCUT2D eigenvalue weighted by molar-refractivity contribution is -0.121. The Morgan fingerprint density at radius 3 is 2.48 bits per heavy atom. The van der Waals surface area contributed by atoms with E-state index in [1.165, 1.54) is 0 Å². The van der Waals surface area contributed by atoms with Crippen LogP contribution in [0.2, 0.25) is 0 Å². The number of nitrogens with two attached hydrogens (primary N) is 1. The molecule has 3 N–H and O–H groups in total. The van der Waals surface area contributed by atoms with Crippen LogP contribution in [-0.4, -0.2) is 23.8 Å². The first kappa shape index (κ1) is 16.7. The number of alkyl carbamates (subject to hydrolysis) is 1. The normalized spacial score (nSPS) is 11.5. The molecule has 0 bridgehead atoms. The molecule has 1 rings (SSSR count). The van der Waals surface area contributed by atoms with Gasteiger partial charge in [-0.15, -0.1) is 0 Å². The average Bonchev–Trinajstić information content (AvgIpc) is 2.49. The highest BCUT2D eigenvalue weighted by molar-refractivity contribution is 5.85. The van der Waals surface area contributed by atoms with E-state index >= 15 is 0 Å². The Balaban J connectivity index is 2.41. The van der Waals surface area contributed by atoms with E-state index in [4.69, 9.17) is 10.5 Å². The molecular weight excluding hydrogens is 272 g/mol. The van der Waals surface area contributed by atoms with Crippen LogP contribution in [-0.2, 0) is 20.9 Å². The van der Waals surface area contributed by atoms with Gasteiger partial charge in [0, 0.05) is 12.8 Å². The summed E-state index contributed by atoms with van der Waals surface area (Å²) in [6, 6.07) is 8.26. The number of carbonyl (C=O) groups excluding carboxylic acids is 3. The third kappa shape index (κ3) is 6.56. The monoisotopic (exact) mass is 292 g/mol. The number of carbonyl (C=O) groups is 3. The summed E-state index contributed by atoms with van der Waals surface area (Å²) < 4.78 is 5.00. The first-order valence-corrected chi connectivity index (χ1v) is 6.81. The second kappa shape index (κ2) is 8.73. The lowest BCUT2D eigenvalue weighted by atomic mass is 10.1. The number of amides is 2. The molecule has 0 aliphatic rings. The van der Waals surface area contributed by atoms with Gasteiger partial charge in [0.25, 0.3) is 0 Å². The largest absolute Gasteiger partial charge is 0.445 e. The number of hydrogen-bond donors (Lipinski definition) is 2. The topological polar surface area (TPSA) is 98.5 Å². The summed E-state index contributed by atoms with van der Waals surface area (Å²) in [5, 5.41) is 2.38. The third-order valence-corrected chi connectivity index (χ3v) is 2.95. The van der Waals surface area contributed by atoms with Gasteiger partial charge in [0.2, 0.25) is 5.91 Å². The first-order chi connectivity index (χ1) is 10.0. The van der Waals surface area contributed by atoms with Crippen molar-refractivity contribution in [3.63, 3.8) is 0 Å². The number of primary amides is 1. The summed E-state index contributed by atoms with van der Waals surface area (Å²) >= 11 is 0. The molecule has 1 aromatic carbocycles. The molecule has 0 heterocycles. The molecule has 0 saturated heterocycles. The molecule has 2 amide bonds. The molecule has 114 valence electrons. The number of Topliss-reactive ketones (excluding diaryl/α,β-unsaturated/α-hetero) is 1. The van der Waals surface area contributed by atoms with Crippen LogP contribution >= 0.6 is 0 Å². The van der Waals surface area contributed by atoms with Gasteiger partial charge in [0.1, 0.15) is 18.4 Å². The van der Waals surface area contributed by atoms with Gasteiger partial charge >= 0.3 is 6.09 Å². The summed E-state index contributed by atoms with van der Waals surface area (Å²) in [7, 11) is 0. The predicted octanol–water partition coefficient (Wildman–Crippen LogP) is 1.53. The quantitative estimate of drug-likeness (QED) is 0.759. The summed E-state index contributed by atoms with van der Waals surface area (Å²) in [5.41, 5.74) is 6.04. The summed E-state index contributed by atoms with van der Waals surface area (Å²) in [5.74, 6) is -0.670. The number of nitrogens with one attached hydrogen (secondary N) is 1. The maximum Gasteiger partial charge on any atom is 0.408 e. The van der Waals surface area contributed by atoms with Crippen LogP contribution in [0.5, 0.6) is 0 Å². The minimum atomic E-state index is -0.899. The van der Waals surface area contributed by atoms with Crippen molar-refractivity contribution >= 4 is 17.8 Å². The van der Waals surface area contributed by atoms with Crippen molar-refractivity contribution in [1.82, 2.24) is 5.32 Å². The van der Waals surface area contributed by atoms with E-state index in [-0.39, 0.29) is 25.2 Å². The minimum absolute atomic E-state index is 0.0145. The van der Waals surface area contributed by atoms with Gasteiger partial charge in [-0.3, -0.25) is 9.59 Å². The molecular formula is C15H20N2O4. The zero-order valence-electron chi connectivity index (χ0n) is 12.0. The first-order valence-electron chi connectivity index (χ1n) is 6.81. The average molecular weight is 292 g/mol. The Morgan fingerprint density at radius 2 is 1.90 bits per heavy atom. The maximum atomic E-state index is 11.6. The number of hydrogen-bond acceptors (Lipinski definition) is 4. The van der Waals surface area contributed by atoms with Crippen LogP contribution in [0.3, 0.4) is 0 Å². The maximum absolute atomic E-state index is 11.6. The van der Waals surface area contributed by atoms with Gasteiger partial charge in [-0.1, -0.05) is 37.3 Å². The Morgan fingerprint density at radius 1 is 1.24 bits per heavy atom. The van der Waals surface area contributed by atoms with Crippen LogP contribution in [0.1, 0.15) is 31.7 Å². The molecule has 0 unspecified atom stereocenters. The number of ether oxygens (including phenoxy) is 1. The van der Waals surface area contributed by atoms with Gasteiger partial charge < -0.3 is 15.8 Å². The van der Waals surface area contributed by atoms with Crippen molar-refractivity contribution in [1.29, 1.82) is 0 Å². The van der Waals surface area contributed by atoms with Crippen molar-refractivity contribution in [3.8, 4) is 0 Å². The Labute approximate surface area is 123 Å². The van der Waals surface area contributed by atoms with Crippen LogP contribution in [0, 0.1) is 0 Å². The van der Waals surface area contributed by atoms with Crippen molar-refractivity contribution in [2.24, 2.45) is 5.73 Å². The molecule has 6 nitrogen and oxygen atoms in total. The van der Waals surface area contributed by atoms with Crippen LogP contribution in [0.25, 0.3) is 0 Å². The molecule has 21 heavy (non-hydrogen) atoms. The fraction of sp³-hybridized carbons (Fsp3) is 0.400. The zero-order chi connectivity index (χ0) is 15.7.